The molecule has 3 heteroatoms. The van der Waals surface area contributed by atoms with E-state index in [0.717, 1.165) is 5.75 Å². The summed E-state index contributed by atoms with van der Waals surface area (Å²) in [4.78, 5) is 1.29. The fourth-order valence-electron chi connectivity index (χ4n) is 1.88. The highest BCUT2D eigenvalue weighted by atomic mass is 79.9. The maximum absolute atomic E-state index is 3.59. The van der Waals surface area contributed by atoms with Crippen LogP contribution in [0.5, 0.6) is 0 Å². The molecular formula is C16H18BrNS. The van der Waals surface area contributed by atoms with Crippen molar-refractivity contribution in [1.82, 2.24) is 5.32 Å². The first kappa shape index (κ1) is 14.6. The number of rotatable bonds is 5. The van der Waals surface area contributed by atoms with Crippen LogP contribution in [0.3, 0.4) is 0 Å². The summed E-state index contributed by atoms with van der Waals surface area (Å²) in [6.07, 6.45) is 0. The van der Waals surface area contributed by atoms with Gasteiger partial charge in [0.25, 0.3) is 0 Å². The van der Waals surface area contributed by atoms with Crippen LogP contribution in [0.2, 0.25) is 0 Å². The van der Waals surface area contributed by atoms with E-state index < -0.39 is 0 Å². The van der Waals surface area contributed by atoms with Crippen LogP contribution in [0.25, 0.3) is 0 Å². The molecule has 0 aromatic heterocycles. The van der Waals surface area contributed by atoms with Crippen LogP contribution in [0.15, 0.2) is 57.9 Å². The fourth-order valence-corrected chi connectivity index (χ4v) is 3.59. The lowest BCUT2D eigenvalue weighted by molar-refractivity contribution is 0.661. The first-order valence-corrected chi connectivity index (χ1v) is 8.09. The maximum Gasteiger partial charge on any atom is 0.0412 e. The van der Waals surface area contributed by atoms with E-state index in [1.165, 1.54) is 20.5 Å². The highest BCUT2D eigenvalue weighted by molar-refractivity contribution is 9.10. The second-order valence-corrected chi connectivity index (χ2v) is 6.41. The van der Waals surface area contributed by atoms with Crippen LogP contribution in [-0.2, 0) is 0 Å². The number of halogens is 1. The molecule has 0 aliphatic rings. The van der Waals surface area contributed by atoms with Crippen molar-refractivity contribution in [1.29, 1.82) is 0 Å². The number of thioether (sulfide) groups is 1. The molecule has 100 valence electrons. The Bertz CT molecular complexity index is 525. The Morgan fingerprint density at radius 3 is 2.42 bits per heavy atom. The molecular weight excluding hydrogens is 318 g/mol. The lowest BCUT2D eigenvalue weighted by Gasteiger charge is -2.17. The number of hydrogen-bond acceptors (Lipinski definition) is 2. The molecule has 0 fully saturated rings. The van der Waals surface area contributed by atoms with Crippen molar-refractivity contribution in [2.24, 2.45) is 0 Å². The van der Waals surface area contributed by atoms with Gasteiger partial charge in [0.2, 0.25) is 0 Å². The van der Waals surface area contributed by atoms with Gasteiger partial charge >= 0.3 is 0 Å². The molecule has 0 saturated carbocycles. The van der Waals surface area contributed by atoms with Gasteiger partial charge in [-0.3, -0.25) is 0 Å². The smallest absolute Gasteiger partial charge is 0.0412 e. The number of nitrogens with one attached hydrogen (secondary N) is 1. The highest BCUT2D eigenvalue weighted by Crippen LogP contribution is 2.30. The first-order chi connectivity index (χ1) is 9.20. The Balaban J connectivity index is 2.04. The van der Waals surface area contributed by atoms with Gasteiger partial charge in [0.15, 0.2) is 0 Å². The topological polar surface area (TPSA) is 12.0 Å². The van der Waals surface area contributed by atoms with E-state index in [1.54, 1.807) is 0 Å². The summed E-state index contributed by atoms with van der Waals surface area (Å²) >= 11 is 5.46. The third kappa shape index (κ3) is 4.10. The third-order valence-electron chi connectivity index (χ3n) is 3.07. The maximum atomic E-state index is 3.59. The Morgan fingerprint density at radius 2 is 1.79 bits per heavy atom. The third-order valence-corrected chi connectivity index (χ3v) is 5.19. The molecule has 2 aromatic carbocycles. The zero-order valence-electron chi connectivity index (χ0n) is 11.2. The van der Waals surface area contributed by atoms with Gasteiger partial charge in [-0.2, -0.15) is 0 Å². The van der Waals surface area contributed by atoms with Crippen LogP contribution < -0.4 is 5.32 Å². The quantitative estimate of drug-likeness (QED) is 0.787. The standard InChI is InChI=1S/C16H18BrNS/c1-12-7-9-13(10-8-12)15(18-2)11-19-16-6-4-3-5-14(16)17/h3-10,15,18H,11H2,1-2H3. The van der Waals surface area contributed by atoms with Crippen molar-refractivity contribution in [2.45, 2.75) is 17.9 Å². The van der Waals surface area contributed by atoms with Gasteiger partial charge in [-0.25, -0.2) is 0 Å². The van der Waals surface area contributed by atoms with Gasteiger partial charge < -0.3 is 5.32 Å². The van der Waals surface area contributed by atoms with Gasteiger partial charge in [-0.1, -0.05) is 42.0 Å². The van der Waals surface area contributed by atoms with E-state index in [4.69, 9.17) is 0 Å². The van der Waals surface area contributed by atoms with E-state index in [-0.39, 0.29) is 0 Å². The van der Waals surface area contributed by atoms with Crippen LogP contribution in [-0.4, -0.2) is 12.8 Å². The predicted molar refractivity (Wildman–Crippen MR) is 87.8 cm³/mol. The van der Waals surface area contributed by atoms with E-state index in [1.807, 2.05) is 24.9 Å². The molecule has 0 heterocycles. The minimum Gasteiger partial charge on any atom is -0.312 e. The molecule has 2 aromatic rings. The Labute approximate surface area is 127 Å². The Morgan fingerprint density at radius 1 is 1.11 bits per heavy atom. The van der Waals surface area contributed by atoms with E-state index in [0.29, 0.717) is 6.04 Å². The van der Waals surface area contributed by atoms with Gasteiger partial charge in [-0.15, -0.1) is 11.8 Å². The molecule has 2 rings (SSSR count). The van der Waals surface area contributed by atoms with E-state index in [2.05, 4.69) is 70.6 Å². The second-order valence-electron chi connectivity index (χ2n) is 4.49. The number of aryl methyl sites for hydroxylation is 1. The number of benzene rings is 2. The Kier molecular flexibility index (Phi) is 5.49. The summed E-state index contributed by atoms with van der Waals surface area (Å²) in [7, 11) is 2.02. The van der Waals surface area contributed by atoms with Gasteiger partial charge in [0, 0.05) is 21.2 Å². The number of hydrogen-bond donors (Lipinski definition) is 1. The molecule has 19 heavy (non-hydrogen) atoms. The zero-order chi connectivity index (χ0) is 13.7. The molecule has 0 spiro atoms. The second kappa shape index (κ2) is 7.13. The lowest BCUT2D eigenvalue weighted by atomic mass is 10.1. The molecule has 0 bridgehead atoms. The SMILES string of the molecule is CNC(CSc1ccccc1Br)c1ccc(C)cc1. The lowest BCUT2D eigenvalue weighted by Crippen LogP contribution is -2.18. The monoisotopic (exact) mass is 335 g/mol. The van der Waals surface area contributed by atoms with Crippen LogP contribution in [0.4, 0.5) is 0 Å². The molecule has 1 nitrogen and oxygen atoms in total. The summed E-state index contributed by atoms with van der Waals surface area (Å²) in [5, 5.41) is 3.39. The normalized spacial score (nSPS) is 12.4. The van der Waals surface area contributed by atoms with Crippen molar-refractivity contribution >= 4 is 27.7 Å². The van der Waals surface area contributed by atoms with E-state index in [9.17, 15) is 0 Å². The van der Waals surface area contributed by atoms with Crippen LogP contribution >= 0.6 is 27.7 Å². The predicted octanol–water partition coefficient (Wildman–Crippen LogP) is 4.81. The molecule has 1 atom stereocenters. The van der Waals surface area contributed by atoms with E-state index >= 15 is 0 Å². The highest BCUT2D eigenvalue weighted by Gasteiger charge is 2.10. The summed E-state index contributed by atoms with van der Waals surface area (Å²) in [6.45, 7) is 2.12. The zero-order valence-corrected chi connectivity index (χ0v) is 13.6. The minimum absolute atomic E-state index is 0.373. The molecule has 0 amide bonds. The largest absolute Gasteiger partial charge is 0.312 e. The molecule has 1 unspecified atom stereocenters. The van der Waals surface area contributed by atoms with Gasteiger partial charge in [0.1, 0.15) is 0 Å². The minimum atomic E-state index is 0.373. The van der Waals surface area contributed by atoms with Crippen molar-refractivity contribution in [3.8, 4) is 0 Å². The fraction of sp³-hybridized carbons (Fsp3) is 0.250. The summed E-state index contributed by atoms with van der Waals surface area (Å²) in [5.41, 5.74) is 2.64. The molecule has 0 aliphatic carbocycles. The average molecular weight is 336 g/mol. The average Bonchev–Trinajstić information content (AvgIpc) is 2.43. The van der Waals surface area contributed by atoms with Gasteiger partial charge in [0.05, 0.1) is 0 Å². The van der Waals surface area contributed by atoms with Crippen molar-refractivity contribution in [3.63, 3.8) is 0 Å². The van der Waals surface area contributed by atoms with Crippen molar-refractivity contribution < 1.29 is 0 Å². The first-order valence-electron chi connectivity index (χ1n) is 6.32. The Hall–Kier alpha value is -0.770. The molecule has 0 aliphatic heterocycles. The summed E-state index contributed by atoms with van der Waals surface area (Å²) in [6, 6.07) is 17.5. The van der Waals surface area contributed by atoms with Crippen molar-refractivity contribution in [2.75, 3.05) is 12.8 Å². The summed E-state index contributed by atoms with van der Waals surface area (Å²) < 4.78 is 1.17. The summed E-state index contributed by atoms with van der Waals surface area (Å²) in [5.74, 6) is 1.02. The molecule has 1 N–H and O–H groups in total. The van der Waals surface area contributed by atoms with Crippen LogP contribution in [0.1, 0.15) is 17.2 Å². The van der Waals surface area contributed by atoms with Crippen molar-refractivity contribution in [3.05, 3.63) is 64.1 Å². The molecule has 0 saturated heterocycles. The van der Waals surface area contributed by atoms with Crippen LogP contribution in [0, 0.1) is 6.92 Å². The van der Waals surface area contributed by atoms with Gasteiger partial charge in [-0.05, 0) is 47.6 Å². The molecule has 0 radical (unpaired) electrons.